The first-order chi connectivity index (χ1) is 17.2. The van der Waals surface area contributed by atoms with E-state index in [0.717, 1.165) is 6.92 Å². The lowest BCUT2D eigenvalue weighted by atomic mass is 10.0. The number of carboxylic acids is 3. The Morgan fingerprint density at radius 3 is 1.89 bits per heavy atom. The zero-order chi connectivity index (χ0) is 28.3. The summed E-state index contributed by atoms with van der Waals surface area (Å²) >= 11 is 0. The summed E-state index contributed by atoms with van der Waals surface area (Å²) < 4.78 is 0. The highest BCUT2D eigenvalue weighted by molar-refractivity contribution is 5.95. The first kappa shape index (κ1) is 30.8. The van der Waals surface area contributed by atoms with Gasteiger partial charge in [0.15, 0.2) is 0 Å². The molecule has 1 rings (SSSR count). The Bertz CT molecular complexity index is 997. The third kappa shape index (κ3) is 10.9. The van der Waals surface area contributed by atoms with Crippen molar-refractivity contribution in [3.05, 3.63) is 29.8 Å². The number of aliphatic carboxylic acids is 3. The molecule has 0 saturated carbocycles. The normalized spacial score (nSPS) is 14.8. The van der Waals surface area contributed by atoms with Crippen LogP contribution in [0.4, 0.5) is 0 Å². The van der Waals surface area contributed by atoms with E-state index in [4.69, 9.17) is 15.9 Å². The van der Waals surface area contributed by atoms with Crippen molar-refractivity contribution in [1.29, 1.82) is 0 Å². The summed E-state index contributed by atoms with van der Waals surface area (Å²) in [6.07, 6.45) is -3.56. The Balaban J connectivity index is 3.00. The minimum Gasteiger partial charge on any atom is -0.508 e. The molecular formula is C22H30N4O11. The molecule has 0 aliphatic heterocycles. The zero-order valence-electron chi connectivity index (χ0n) is 19.8. The topological polar surface area (TPSA) is 266 Å². The van der Waals surface area contributed by atoms with Crippen LogP contribution in [0.1, 0.15) is 31.7 Å². The monoisotopic (exact) mass is 526 g/mol. The third-order valence-electron chi connectivity index (χ3n) is 5.06. The Morgan fingerprint density at radius 1 is 0.838 bits per heavy atom. The first-order valence-electron chi connectivity index (χ1n) is 11.0. The van der Waals surface area contributed by atoms with Crippen LogP contribution in [0, 0.1) is 0 Å². The molecule has 5 unspecified atom stereocenters. The molecule has 1 aromatic rings. The largest absolute Gasteiger partial charge is 0.508 e. The van der Waals surface area contributed by atoms with Crippen molar-refractivity contribution in [3.8, 4) is 5.75 Å². The molecule has 0 saturated heterocycles. The van der Waals surface area contributed by atoms with Gasteiger partial charge in [0.1, 0.15) is 23.9 Å². The molecule has 0 aromatic heterocycles. The van der Waals surface area contributed by atoms with Crippen molar-refractivity contribution in [2.45, 2.75) is 62.9 Å². The third-order valence-corrected chi connectivity index (χ3v) is 5.06. The Labute approximate surface area is 210 Å². The molecule has 15 nitrogen and oxygen atoms in total. The van der Waals surface area contributed by atoms with Gasteiger partial charge in [-0.1, -0.05) is 12.1 Å². The summed E-state index contributed by atoms with van der Waals surface area (Å²) in [5.74, 6) is -7.42. The number of hydrogen-bond acceptors (Lipinski definition) is 9. The van der Waals surface area contributed by atoms with Crippen LogP contribution in [0.5, 0.6) is 5.75 Å². The second kappa shape index (κ2) is 14.4. The minimum absolute atomic E-state index is 0.0509. The Hall–Kier alpha value is -4.24. The lowest BCUT2D eigenvalue weighted by Crippen LogP contribution is -2.60. The molecule has 37 heavy (non-hydrogen) atoms. The minimum atomic E-state index is -1.70. The van der Waals surface area contributed by atoms with Gasteiger partial charge in [0, 0.05) is 12.8 Å². The number of amides is 3. The van der Waals surface area contributed by atoms with Gasteiger partial charge in [-0.2, -0.15) is 0 Å². The van der Waals surface area contributed by atoms with Gasteiger partial charge in [0.2, 0.25) is 17.7 Å². The predicted molar refractivity (Wildman–Crippen MR) is 124 cm³/mol. The number of carboxylic acid groups (broad SMARTS) is 3. The Kier molecular flexibility index (Phi) is 11.9. The van der Waals surface area contributed by atoms with E-state index in [-0.39, 0.29) is 12.2 Å². The summed E-state index contributed by atoms with van der Waals surface area (Å²) in [5, 5.41) is 53.1. The number of aliphatic hydroxyl groups excluding tert-OH is 1. The molecule has 0 radical (unpaired) electrons. The fraction of sp³-hybridized carbons (Fsp3) is 0.455. The van der Waals surface area contributed by atoms with Crippen LogP contribution >= 0.6 is 0 Å². The van der Waals surface area contributed by atoms with Crippen LogP contribution in [0.25, 0.3) is 0 Å². The number of hydrogen-bond donors (Lipinski definition) is 9. The van der Waals surface area contributed by atoms with Crippen molar-refractivity contribution < 1.29 is 54.3 Å². The van der Waals surface area contributed by atoms with Crippen molar-refractivity contribution in [2.75, 3.05) is 0 Å². The maximum Gasteiger partial charge on any atom is 0.326 e. The average Bonchev–Trinajstić information content (AvgIpc) is 2.79. The maximum absolute atomic E-state index is 12.8. The van der Waals surface area contributed by atoms with E-state index < -0.39 is 85.2 Å². The molecule has 0 aliphatic carbocycles. The van der Waals surface area contributed by atoms with Gasteiger partial charge in [-0.25, -0.2) is 4.79 Å². The molecule has 5 atom stereocenters. The fourth-order valence-corrected chi connectivity index (χ4v) is 3.08. The van der Waals surface area contributed by atoms with Gasteiger partial charge >= 0.3 is 17.9 Å². The molecule has 1 aromatic carbocycles. The number of carbonyl (C=O) groups excluding carboxylic acids is 3. The highest BCUT2D eigenvalue weighted by atomic mass is 16.4. The lowest BCUT2D eigenvalue weighted by molar-refractivity contribution is -0.143. The molecular weight excluding hydrogens is 496 g/mol. The summed E-state index contributed by atoms with van der Waals surface area (Å²) in [6, 6.07) is -0.773. The number of nitrogens with two attached hydrogens (primary N) is 1. The second-order valence-electron chi connectivity index (χ2n) is 8.19. The van der Waals surface area contributed by atoms with E-state index in [1.54, 1.807) is 0 Å². The number of carbonyl (C=O) groups is 6. The summed E-state index contributed by atoms with van der Waals surface area (Å²) in [6.45, 7) is 1.13. The summed E-state index contributed by atoms with van der Waals surface area (Å²) in [7, 11) is 0. The Morgan fingerprint density at radius 2 is 1.41 bits per heavy atom. The van der Waals surface area contributed by atoms with Crippen molar-refractivity contribution in [3.63, 3.8) is 0 Å². The van der Waals surface area contributed by atoms with Gasteiger partial charge in [-0.3, -0.25) is 24.0 Å². The number of aromatic hydroxyl groups is 1. The van der Waals surface area contributed by atoms with Crippen LogP contribution < -0.4 is 21.7 Å². The SMILES string of the molecule is CC(O)C(NC(=O)C(CCC(=O)O)NC(=O)C(N)CC(=O)O)C(=O)NC(Cc1ccc(O)cc1)C(=O)O. The van der Waals surface area contributed by atoms with Crippen molar-refractivity contribution in [2.24, 2.45) is 5.73 Å². The van der Waals surface area contributed by atoms with E-state index >= 15 is 0 Å². The summed E-state index contributed by atoms with van der Waals surface area (Å²) in [4.78, 5) is 71.1. The number of aliphatic hydroxyl groups is 1. The highest BCUT2D eigenvalue weighted by Crippen LogP contribution is 2.12. The molecule has 204 valence electrons. The molecule has 10 N–H and O–H groups in total. The number of phenolic OH excluding ortho intramolecular Hbond substituents is 1. The van der Waals surface area contributed by atoms with Gasteiger partial charge in [0.05, 0.1) is 18.6 Å². The molecule has 0 spiro atoms. The second-order valence-corrected chi connectivity index (χ2v) is 8.19. The van der Waals surface area contributed by atoms with E-state index in [1.165, 1.54) is 24.3 Å². The van der Waals surface area contributed by atoms with Crippen LogP contribution in [0.3, 0.4) is 0 Å². The van der Waals surface area contributed by atoms with Gasteiger partial charge in [0.25, 0.3) is 0 Å². The molecule has 0 heterocycles. The van der Waals surface area contributed by atoms with E-state index in [0.29, 0.717) is 5.56 Å². The van der Waals surface area contributed by atoms with Gasteiger partial charge in [-0.05, 0) is 31.0 Å². The first-order valence-corrected chi connectivity index (χ1v) is 11.0. The molecule has 0 fully saturated rings. The number of benzene rings is 1. The maximum atomic E-state index is 12.8. The number of rotatable bonds is 15. The van der Waals surface area contributed by atoms with Crippen LogP contribution in [-0.2, 0) is 35.2 Å². The smallest absolute Gasteiger partial charge is 0.326 e. The zero-order valence-corrected chi connectivity index (χ0v) is 19.8. The molecule has 0 bridgehead atoms. The van der Waals surface area contributed by atoms with Crippen molar-refractivity contribution >= 4 is 35.6 Å². The van der Waals surface area contributed by atoms with Gasteiger partial charge in [-0.15, -0.1) is 0 Å². The average molecular weight is 526 g/mol. The molecule has 0 aliphatic rings. The van der Waals surface area contributed by atoms with Crippen LogP contribution in [0.15, 0.2) is 24.3 Å². The van der Waals surface area contributed by atoms with Crippen LogP contribution in [0.2, 0.25) is 0 Å². The number of nitrogens with one attached hydrogen (secondary N) is 3. The quantitative estimate of drug-likeness (QED) is 0.115. The molecule has 15 heteroatoms. The molecule has 3 amide bonds. The van der Waals surface area contributed by atoms with Crippen molar-refractivity contribution in [1.82, 2.24) is 16.0 Å². The van der Waals surface area contributed by atoms with E-state index in [9.17, 15) is 44.1 Å². The standard InChI is InChI=1S/C22H30N4O11/c1-10(27)18(21(35)25-15(22(36)37)8-11-2-4-12(28)5-3-11)26-20(34)14(6-7-16(29)30)24-19(33)13(23)9-17(31)32/h2-5,10,13-15,18,27-28H,6-9,23H2,1H3,(H,24,33)(H,25,35)(H,26,34)(H,29,30)(H,31,32)(H,36,37). The highest BCUT2D eigenvalue weighted by Gasteiger charge is 2.33. The number of phenols is 1. The van der Waals surface area contributed by atoms with E-state index in [2.05, 4.69) is 16.0 Å². The summed E-state index contributed by atoms with van der Waals surface area (Å²) in [5.41, 5.74) is 5.92. The van der Waals surface area contributed by atoms with E-state index in [1.807, 2.05) is 0 Å². The predicted octanol–water partition coefficient (Wildman–Crippen LogP) is -2.48. The fourth-order valence-electron chi connectivity index (χ4n) is 3.08. The lowest BCUT2D eigenvalue weighted by Gasteiger charge is -2.26. The van der Waals surface area contributed by atoms with Gasteiger partial charge < -0.3 is 47.2 Å². The van der Waals surface area contributed by atoms with Crippen LogP contribution in [-0.4, -0.2) is 91.4 Å².